The van der Waals surface area contributed by atoms with Gasteiger partial charge in [-0.25, -0.2) is 4.98 Å². The maximum Gasteiger partial charge on any atom is 0.227 e. The van der Waals surface area contributed by atoms with E-state index < -0.39 is 0 Å². The zero-order chi connectivity index (χ0) is 18.8. The number of likely N-dealkylation sites (tertiary alicyclic amines) is 2. The van der Waals surface area contributed by atoms with Crippen LogP contribution in [-0.2, 0) is 23.2 Å². The third-order valence-electron chi connectivity index (χ3n) is 5.67. The number of piperidine rings is 1. The van der Waals surface area contributed by atoms with Crippen LogP contribution in [0.4, 0.5) is 0 Å². The lowest BCUT2D eigenvalue weighted by Crippen LogP contribution is -2.42. The second-order valence-corrected chi connectivity index (χ2v) is 7.49. The highest BCUT2D eigenvalue weighted by atomic mass is 16.2. The van der Waals surface area contributed by atoms with E-state index in [2.05, 4.69) is 14.5 Å². The molecular formula is C20H25N5O2. The third kappa shape index (κ3) is 3.72. The van der Waals surface area contributed by atoms with Crippen LogP contribution in [0.15, 0.2) is 36.8 Å². The Balaban J connectivity index is 1.33. The van der Waals surface area contributed by atoms with E-state index >= 15 is 0 Å². The quantitative estimate of drug-likeness (QED) is 0.822. The molecule has 142 valence electrons. The van der Waals surface area contributed by atoms with Crippen LogP contribution in [0.25, 0.3) is 0 Å². The molecule has 27 heavy (non-hydrogen) atoms. The molecule has 2 aromatic rings. The van der Waals surface area contributed by atoms with Gasteiger partial charge in [0.05, 0.1) is 18.2 Å². The van der Waals surface area contributed by atoms with E-state index in [1.165, 1.54) is 0 Å². The smallest absolute Gasteiger partial charge is 0.227 e. The Bertz CT molecular complexity index is 811. The molecule has 2 aliphatic heterocycles. The molecule has 0 spiro atoms. The number of amides is 2. The summed E-state index contributed by atoms with van der Waals surface area (Å²) in [4.78, 5) is 37.7. The summed E-state index contributed by atoms with van der Waals surface area (Å²) in [5, 5.41) is 0. The molecule has 2 fully saturated rings. The SMILES string of the molecule is Cn1ccnc1C1CCN(C(=O)[C@@H]2CC(=O)N(Cc3ccccn3)C2)CC1. The van der Waals surface area contributed by atoms with Gasteiger partial charge in [-0.1, -0.05) is 6.07 Å². The Hall–Kier alpha value is -2.70. The molecule has 0 aliphatic carbocycles. The molecular weight excluding hydrogens is 342 g/mol. The molecule has 0 saturated carbocycles. The van der Waals surface area contributed by atoms with E-state index in [9.17, 15) is 9.59 Å². The molecule has 7 nitrogen and oxygen atoms in total. The molecule has 0 radical (unpaired) electrons. The summed E-state index contributed by atoms with van der Waals surface area (Å²) in [5.41, 5.74) is 0.856. The molecule has 4 rings (SSSR count). The Morgan fingerprint density at radius 1 is 1.19 bits per heavy atom. The molecule has 2 saturated heterocycles. The van der Waals surface area contributed by atoms with Crippen molar-refractivity contribution < 1.29 is 9.59 Å². The number of pyridine rings is 1. The van der Waals surface area contributed by atoms with Gasteiger partial charge in [0, 0.05) is 57.6 Å². The van der Waals surface area contributed by atoms with Crippen molar-refractivity contribution in [3.05, 3.63) is 48.3 Å². The number of imidazole rings is 1. The zero-order valence-corrected chi connectivity index (χ0v) is 15.6. The van der Waals surface area contributed by atoms with Gasteiger partial charge in [-0.2, -0.15) is 0 Å². The van der Waals surface area contributed by atoms with Gasteiger partial charge in [0.25, 0.3) is 0 Å². The van der Waals surface area contributed by atoms with Gasteiger partial charge in [0.2, 0.25) is 11.8 Å². The van der Waals surface area contributed by atoms with E-state index in [-0.39, 0.29) is 17.7 Å². The van der Waals surface area contributed by atoms with Gasteiger partial charge in [-0.3, -0.25) is 14.6 Å². The first kappa shape index (κ1) is 17.7. The summed E-state index contributed by atoms with van der Waals surface area (Å²) < 4.78 is 2.06. The number of hydrogen-bond donors (Lipinski definition) is 0. The van der Waals surface area contributed by atoms with Crippen LogP contribution in [0.5, 0.6) is 0 Å². The average molecular weight is 367 g/mol. The van der Waals surface area contributed by atoms with E-state index in [0.717, 1.165) is 37.4 Å². The highest BCUT2D eigenvalue weighted by Gasteiger charge is 2.37. The Morgan fingerprint density at radius 2 is 2.00 bits per heavy atom. The topological polar surface area (TPSA) is 71.3 Å². The zero-order valence-electron chi connectivity index (χ0n) is 15.6. The van der Waals surface area contributed by atoms with Crippen LogP contribution in [-0.4, -0.2) is 55.8 Å². The minimum atomic E-state index is -0.231. The van der Waals surface area contributed by atoms with E-state index in [4.69, 9.17) is 0 Å². The molecule has 2 aromatic heterocycles. The van der Waals surface area contributed by atoms with Crippen molar-refractivity contribution in [2.75, 3.05) is 19.6 Å². The lowest BCUT2D eigenvalue weighted by molar-refractivity contribution is -0.136. The molecule has 7 heteroatoms. The van der Waals surface area contributed by atoms with Gasteiger partial charge in [-0.05, 0) is 25.0 Å². The second-order valence-electron chi connectivity index (χ2n) is 7.49. The van der Waals surface area contributed by atoms with Crippen molar-refractivity contribution in [3.63, 3.8) is 0 Å². The predicted octanol–water partition coefficient (Wildman–Crippen LogP) is 1.57. The first-order valence-electron chi connectivity index (χ1n) is 9.55. The second kappa shape index (κ2) is 7.50. The number of carbonyl (C=O) groups excluding carboxylic acids is 2. The van der Waals surface area contributed by atoms with Crippen molar-refractivity contribution in [2.45, 2.75) is 31.7 Å². The Labute approximate surface area is 159 Å². The highest BCUT2D eigenvalue weighted by molar-refractivity contribution is 5.89. The summed E-state index contributed by atoms with van der Waals surface area (Å²) in [7, 11) is 2.01. The van der Waals surface area contributed by atoms with Gasteiger partial charge in [0.15, 0.2) is 0 Å². The number of carbonyl (C=O) groups is 2. The van der Waals surface area contributed by atoms with Crippen molar-refractivity contribution >= 4 is 11.8 Å². The standard InChI is InChI=1S/C20H25N5O2/c1-23-11-8-22-19(23)15-5-9-24(10-6-15)20(27)16-12-18(26)25(13-16)14-17-4-2-3-7-21-17/h2-4,7-8,11,15-16H,5-6,9-10,12-14H2,1H3/t16-/m1/s1. The first-order chi connectivity index (χ1) is 13.1. The molecule has 1 atom stereocenters. The average Bonchev–Trinajstić information content (AvgIpc) is 3.28. The number of rotatable bonds is 4. The maximum absolute atomic E-state index is 12.9. The van der Waals surface area contributed by atoms with Crippen molar-refractivity contribution in [3.8, 4) is 0 Å². The molecule has 0 N–H and O–H groups in total. The Kier molecular flexibility index (Phi) is 4.92. The van der Waals surface area contributed by atoms with Gasteiger partial charge in [0.1, 0.15) is 5.82 Å². The van der Waals surface area contributed by atoms with E-state index in [1.807, 2.05) is 42.5 Å². The van der Waals surface area contributed by atoms with Gasteiger partial charge >= 0.3 is 0 Å². The summed E-state index contributed by atoms with van der Waals surface area (Å²) in [6.07, 6.45) is 7.68. The van der Waals surface area contributed by atoms with Crippen LogP contribution in [0.1, 0.15) is 36.7 Å². The molecule has 4 heterocycles. The summed E-state index contributed by atoms with van der Waals surface area (Å²) in [5.74, 6) is 1.43. The van der Waals surface area contributed by atoms with E-state index in [1.54, 1.807) is 11.1 Å². The van der Waals surface area contributed by atoms with Crippen molar-refractivity contribution in [1.82, 2.24) is 24.3 Å². The molecule has 0 unspecified atom stereocenters. The number of hydrogen-bond acceptors (Lipinski definition) is 4. The fraction of sp³-hybridized carbons (Fsp3) is 0.500. The fourth-order valence-corrected chi connectivity index (χ4v) is 4.16. The minimum absolute atomic E-state index is 0.0434. The van der Waals surface area contributed by atoms with Gasteiger partial charge in [-0.15, -0.1) is 0 Å². The summed E-state index contributed by atoms with van der Waals surface area (Å²) in [6.45, 7) is 2.45. The lowest BCUT2D eigenvalue weighted by Gasteiger charge is -2.33. The van der Waals surface area contributed by atoms with Crippen LogP contribution in [0.3, 0.4) is 0 Å². The highest BCUT2D eigenvalue weighted by Crippen LogP contribution is 2.29. The monoisotopic (exact) mass is 367 g/mol. The number of aromatic nitrogens is 3. The van der Waals surface area contributed by atoms with Crippen molar-refractivity contribution in [2.24, 2.45) is 13.0 Å². The summed E-state index contributed by atoms with van der Waals surface area (Å²) >= 11 is 0. The van der Waals surface area contributed by atoms with Gasteiger partial charge < -0.3 is 14.4 Å². The summed E-state index contributed by atoms with van der Waals surface area (Å²) in [6, 6.07) is 5.68. The molecule has 0 aromatic carbocycles. The van der Waals surface area contributed by atoms with Crippen LogP contribution in [0, 0.1) is 5.92 Å². The molecule has 0 bridgehead atoms. The van der Waals surface area contributed by atoms with Crippen molar-refractivity contribution in [1.29, 1.82) is 0 Å². The van der Waals surface area contributed by atoms with Crippen LogP contribution in [0.2, 0.25) is 0 Å². The van der Waals surface area contributed by atoms with Crippen LogP contribution < -0.4 is 0 Å². The lowest BCUT2D eigenvalue weighted by atomic mass is 9.94. The maximum atomic E-state index is 12.9. The molecule has 2 aliphatic rings. The number of nitrogens with zero attached hydrogens (tertiary/aromatic N) is 5. The fourth-order valence-electron chi connectivity index (χ4n) is 4.16. The largest absolute Gasteiger partial charge is 0.342 e. The Morgan fingerprint density at radius 3 is 2.67 bits per heavy atom. The predicted molar refractivity (Wildman–Crippen MR) is 99.5 cm³/mol. The normalized spacial score (nSPS) is 21.1. The van der Waals surface area contributed by atoms with E-state index in [0.29, 0.717) is 25.4 Å². The first-order valence-corrected chi connectivity index (χ1v) is 9.55. The third-order valence-corrected chi connectivity index (χ3v) is 5.67. The minimum Gasteiger partial charge on any atom is -0.342 e. The number of aryl methyl sites for hydroxylation is 1. The van der Waals surface area contributed by atoms with Crippen LogP contribution >= 0.6 is 0 Å². The molecule has 2 amide bonds.